The van der Waals surface area contributed by atoms with Gasteiger partial charge >= 0.3 is 0 Å². The Morgan fingerprint density at radius 3 is 2.32 bits per heavy atom. The molecule has 1 amide bonds. The smallest absolute Gasteiger partial charge is 0.264 e. The van der Waals surface area contributed by atoms with Gasteiger partial charge in [0.25, 0.3) is 6.43 Å². The van der Waals surface area contributed by atoms with Gasteiger partial charge in [0.05, 0.1) is 17.3 Å². The number of nitrogens with zero attached hydrogens (tertiary/aromatic N) is 4. The third-order valence-electron chi connectivity index (χ3n) is 7.43. The molecule has 0 aliphatic heterocycles. The number of furan rings is 1. The first-order valence-corrected chi connectivity index (χ1v) is 12.5. The van der Waals surface area contributed by atoms with E-state index in [0.29, 0.717) is 28.2 Å². The Kier molecular flexibility index (Phi) is 6.66. The van der Waals surface area contributed by atoms with Crippen LogP contribution >= 0.6 is 0 Å². The third-order valence-corrected chi connectivity index (χ3v) is 7.43. The summed E-state index contributed by atoms with van der Waals surface area (Å²) in [4.78, 5) is 20.5. The maximum absolute atomic E-state index is 14.0. The van der Waals surface area contributed by atoms with Crippen LogP contribution in [0.25, 0.3) is 22.5 Å². The Hall–Kier alpha value is -2.77. The first-order chi connectivity index (χ1) is 16.5. The van der Waals surface area contributed by atoms with E-state index in [1.165, 1.54) is 29.9 Å². The molecule has 182 valence electrons. The number of halogens is 2. The summed E-state index contributed by atoms with van der Waals surface area (Å²) in [5.74, 6) is 0.429. The Bertz CT molecular complexity index is 1110. The molecule has 3 aromatic rings. The van der Waals surface area contributed by atoms with Crippen molar-refractivity contribution in [3.8, 4) is 11.5 Å². The van der Waals surface area contributed by atoms with Crippen molar-refractivity contribution in [3.05, 3.63) is 35.7 Å². The summed E-state index contributed by atoms with van der Waals surface area (Å²) < 4.78 is 35.0. The number of carbonyl (C=O) groups is 1. The van der Waals surface area contributed by atoms with Gasteiger partial charge in [-0.1, -0.05) is 38.5 Å². The summed E-state index contributed by atoms with van der Waals surface area (Å²) in [7, 11) is 0. The number of aryl methyl sites for hydroxylation is 1. The van der Waals surface area contributed by atoms with Gasteiger partial charge in [-0.2, -0.15) is 5.10 Å². The second-order valence-electron chi connectivity index (χ2n) is 9.70. The van der Waals surface area contributed by atoms with Crippen LogP contribution in [0.2, 0.25) is 0 Å². The van der Waals surface area contributed by atoms with Crippen LogP contribution in [0.1, 0.15) is 81.9 Å². The van der Waals surface area contributed by atoms with Crippen LogP contribution in [-0.2, 0) is 11.3 Å². The lowest BCUT2D eigenvalue weighted by Crippen LogP contribution is -2.50. The van der Waals surface area contributed by atoms with Gasteiger partial charge in [0.15, 0.2) is 11.4 Å². The van der Waals surface area contributed by atoms with Crippen molar-refractivity contribution in [3.63, 3.8) is 0 Å². The SMILES string of the molecule is Cc1nn(CC(=O)N(C2CCCCC2)C2CCCCC2)c2nc(-c3ccco3)cc(C(F)F)c12. The molecular weight excluding hydrogens is 438 g/mol. The van der Waals surface area contributed by atoms with Crippen molar-refractivity contribution in [2.45, 2.75) is 96.2 Å². The van der Waals surface area contributed by atoms with Crippen LogP contribution in [0, 0.1) is 6.92 Å². The van der Waals surface area contributed by atoms with Gasteiger partial charge < -0.3 is 9.32 Å². The van der Waals surface area contributed by atoms with Gasteiger partial charge in [-0.15, -0.1) is 0 Å². The summed E-state index contributed by atoms with van der Waals surface area (Å²) in [5, 5.41) is 4.83. The number of alkyl halides is 2. The maximum atomic E-state index is 14.0. The number of hydrogen-bond donors (Lipinski definition) is 0. The molecule has 3 heterocycles. The fourth-order valence-electron chi connectivity index (χ4n) is 5.85. The highest BCUT2D eigenvalue weighted by molar-refractivity contribution is 5.86. The van der Waals surface area contributed by atoms with Crippen LogP contribution in [0.4, 0.5) is 8.78 Å². The lowest BCUT2D eigenvalue weighted by atomic mass is 9.88. The van der Waals surface area contributed by atoms with Crippen molar-refractivity contribution in [1.82, 2.24) is 19.7 Å². The number of rotatable bonds is 6. The van der Waals surface area contributed by atoms with Gasteiger partial charge in [-0.25, -0.2) is 18.4 Å². The van der Waals surface area contributed by atoms with Gasteiger partial charge in [0.2, 0.25) is 5.91 Å². The molecule has 0 saturated heterocycles. The molecule has 2 aliphatic carbocycles. The van der Waals surface area contributed by atoms with E-state index in [1.54, 1.807) is 19.1 Å². The van der Waals surface area contributed by atoms with Crippen molar-refractivity contribution >= 4 is 16.9 Å². The standard InChI is InChI=1S/C26H32F2N4O2/c1-17-24-20(25(27)28)15-21(22-13-8-14-34-22)29-26(24)31(30-17)16-23(33)32(18-9-4-2-5-10-18)19-11-6-3-7-12-19/h8,13-15,18-19,25H,2-7,9-12,16H2,1H3. The molecule has 0 aromatic carbocycles. The number of carbonyl (C=O) groups excluding carboxylic acids is 1. The van der Waals surface area contributed by atoms with Crippen molar-refractivity contribution < 1.29 is 18.0 Å². The summed E-state index contributed by atoms with van der Waals surface area (Å²) in [6.07, 6.45) is 10.0. The van der Waals surface area contributed by atoms with E-state index in [-0.39, 0.29) is 30.1 Å². The molecule has 6 nitrogen and oxygen atoms in total. The van der Waals surface area contributed by atoms with E-state index in [9.17, 15) is 13.6 Å². The summed E-state index contributed by atoms with van der Waals surface area (Å²) >= 11 is 0. The fourth-order valence-corrected chi connectivity index (χ4v) is 5.85. The highest BCUT2D eigenvalue weighted by Gasteiger charge is 2.33. The largest absolute Gasteiger partial charge is 0.463 e. The minimum atomic E-state index is -2.69. The summed E-state index contributed by atoms with van der Waals surface area (Å²) in [6.45, 7) is 1.71. The summed E-state index contributed by atoms with van der Waals surface area (Å²) in [5.41, 5.74) is 0.947. The van der Waals surface area contributed by atoms with Crippen LogP contribution in [-0.4, -0.2) is 37.7 Å². The normalized spacial score (nSPS) is 18.1. The highest BCUT2D eigenvalue weighted by Crippen LogP contribution is 2.34. The molecule has 0 bridgehead atoms. The number of aromatic nitrogens is 3. The van der Waals surface area contributed by atoms with Crippen molar-refractivity contribution in [2.75, 3.05) is 0 Å². The number of fused-ring (bicyclic) bond motifs is 1. The molecule has 2 fully saturated rings. The molecule has 0 radical (unpaired) electrons. The molecule has 0 atom stereocenters. The second-order valence-corrected chi connectivity index (χ2v) is 9.70. The molecule has 8 heteroatoms. The fraction of sp³-hybridized carbons (Fsp3) is 0.577. The second kappa shape index (κ2) is 9.84. The number of pyridine rings is 1. The molecule has 0 N–H and O–H groups in total. The van der Waals surface area contributed by atoms with Gasteiger partial charge in [0, 0.05) is 17.6 Å². The maximum Gasteiger partial charge on any atom is 0.264 e. The molecule has 3 aromatic heterocycles. The third kappa shape index (κ3) is 4.46. The van der Waals surface area contributed by atoms with Gasteiger partial charge in [-0.3, -0.25) is 4.79 Å². The molecule has 2 saturated carbocycles. The van der Waals surface area contributed by atoms with Crippen molar-refractivity contribution in [1.29, 1.82) is 0 Å². The zero-order chi connectivity index (χ0) is 23.7. The van der Waals surface area contributed by atoms with E-state index >= 15 is 0 Å². The lowest BCUT2D eigenvalue weighted by Gasteiger charge is -2.41. The average molecular weight is 471 g/mol. The van der Waals surface area contributed by atoms with Gasteiger partial charge in [-0.05, 0) is 50.8 Å². The zero-order valence-corrected chi connectivity index (χ0v) is 19.7. The Morgan fingerprint density at radius 2 is 1.76 bits per heavy atom. The molecule has 34 heavy (non-hydrogen) atoms. The molecule has 2 aliphatic rings. The Labute approximate surface area is 198 Å². The van der Waals surface area contributed by atoms with E-state index in [0.717, 1.165) is 51.4 Å². The topological polar surface area (TPSA) is 64.2 Å². The summed E-state index contributed by atoms with van der Waals surface area (Å²) in [6, 6.07) is 5.27. The van der Waals surface area contributed by atoms with Crippen LogP contribution in [0.15, 0.2) is 28.9 Å². The monoisotopic (exact) mass is 470 g/mol. The molecular formula is C26H32F2N4O2. The number of amides is 1. The Balaban J connectivity index is 1.52. The lowest BCUT2D eigenvalue weighted by molar-refractivity contribution is -0.138. The molecule has 0 spiro atoms. The first kappa shape index (κ1) is 23.0. The minimum absolute atomic E-state index is 0.00856. The number of hydrogen-bond acceptors (Lipinski definition) is 4. The van der Waals surface area contributed by atoms with E-state index in [4.69, 9.17) is 4.42 Å². The molecule has 5 rings (SSSR count). The zero-order valence-electron chi connectivity index (χ0n) is 19.7. The van der Waals surface area contributed by atoms with E-state index in [2.05, 4.69) is 15.0 Å². The molecule has 0 unspecified atom stereocenters. The Morgan fingerprint density at radius 1 is 1.12 bits per heavy atom. The predicted molar refractivity (Wildman–Crippen MR) is 126 cm³/mol. The van der Waals surface area contributed by atoms with Crippen LogP contribution in [0.3, 0.4) is 0 Å². The van der Waals surface area contributed by atoms with Crippen LogP contribution < -0.4 is 0 Å². The van der Waals surface area contributed by atoms with Gasteiger partial charge in [0.1, 0.15) is 12.2 Å². The minimum Gasteiger partial charge on any atom is -0.463 e. The average Bonchev–Trinajstić information content (AvgIpc) is 3.49. The van der Waals surface area contributed by atoms with E-state index < -0.39 is 6.43 Å². The van der Waals surface area contributed by atoms with Crippen molar-refractivity contribution in [2.24, 2.45) is 0 Å². The van der Waals surface area contributed by atoms with E-state index in [1.807, 2.05) is 0 Å². The first-order valence-electron chi connectivity index (χ1n) is 12.5. The quantitative estimate of drug-likeness (QED) is 0.416. The van der Waals surface area contributed by atoms with Crippen LogP contribution in [0.5, 0.6) is 0 Å². The predicted octanol–water partition coefficient (Wildman–Crippen LogP) is 6.43. The highest BCUT2D eigenvalue weighted by atomic mass is 19.3.